The number of benzene rings is 2. The normalized spacial score (nSPS) is 12.2. The molecule has 2 aromatic carbocycles. The van der Waals surface area contributed by atoms with Gasteiger partial charge in [0.25, 0.3) is 0 Å². The first kappa shape index (κ1) is 20.5. The summed E-state index contributed by atoms with van der Waals surface area (Å²) in [5.74, 6) is -0.425. The number of nitrogens with zero attached hydrogens (tertiary/aromatic N) is 1. The second-order valence-electron chi connectivity index (χ2n) is 5.10. The van der Waals surface area contributed by atoms with Gasteiger partial charge in [0.1, 0.15) is 0 Å². The summed E-state index contributed by atoms with van der Waals surface area (Å²) in [6, 6.07) is 11.8. The topological polar surface area (TPSA) is 56.7 Å². The maximum atomic E-state index is 13.3. The summed E-state index contributed by atoms with van der Waals surface area (Å²) in [6.45, 7) is 2.36. The van der Waals surface area contributed by atoms with Crippen molar-refractivity contribution < 1.29 is 9.50 Å². The fraction of sp³-hybridized carbons (Fsp3) is 0.235. The van der Waals surface area contributed by atoms with Crippen molar-refractivity contribution >= 4 is 41.5 Å². The van der Waals surface area contributed by atoms with Crippen LogP contribution < -0.4 is 10.6 Å². The Morgan fingerprint density at radius 2 is 2.00 bits per heavy atom. The molecule has 0 aliphatic heterocycles. The minimum Gasteiger partial charge on any atom is -0.505 e. The third-order valence-electron chi connectivity index (χ3n) is 3.42. The average Bonchev–Trinajstić information content (AvgIpc) is 2.54. The molecule has 7 heteroatoms. The highest BCUT2D eigenvalue weighted by molar-refractivity contribution is 14.0. The van der Waals surface area contributed by atoms with Gasteiger partial charge in [-0.3, -0.25) is 4.99 Å². The second-order valence-corrected chi connectivity index (χ2v) is 5.51. The van der Waals surface area contributed by atoms with Crippen LogP contribution in [0, 0.1) is 5.82 Å². The molecule has 1 atom stereocenters. The number of phenols is 1. The number of aliphatic imine (C=N–C) groups is 1. The lowest BCUT2D eigenvalue weighted by Crippen LogP contribution is -2.38. The van der Waals surface area contributed by atoms with Crippen molar-refractivity contribution in [1.82, 2.24) is 10.6 Å². The molecule has 0 spiro atoms. The third kappa shape index (κ3) is 5.52. The molecule has 0 heterocycles. The molecule has 1 unspecified atom stereocenters. The van der Waals surface area contributed by atoms with E-state index in [0.717, 1.165) is 5.56 Å². The molecule has 0 radical (unpaired) electrons. The van der Waals surface area contributed by atoms with Gasteiger partial charge in [-0.2, -0.15) is 0 Å². The fourth-order valence-electron chi connectivity index (χ4n) is 2.15. The van der Waals surface area contributed by atoms with Gasteiger partial charge in [0, 0.05) is 18.6 Å². The van der Waals surface area contributed by atoms with Crippen molar-refractivity contribution in [1.29, 1.82) is 0 Å². The maximum absolute atomic E-state index is 13.3. The zero-order chi connectivity index (χ0) is 16.8. The van der Waals surface area contributed by atoms with Crippen LogP contribution >= 0.6 is 35.6 Å². The van der Waals surface area contributed by atoms with Crippen LogP contribution in [0.15, 0.2) is 47.5 Å². The number of nitrogens with one attached hydrogen (secondary N) is 2. The quantitative estimate of drug-likeness (QED) is 0.361. The molecule has 2 aromatic rings. The Morgan fingerprint density at radius 1 is 1.29 bits per heavy atom. The van der Waals surface area contributed by atoms with Crippen LogP contribution in [-0.4, -0.2) is 18.1 Å². The number of phenolic OH excluding ortho intramolecular Hbond substituents is 1. The van der Waals surface area contributed by atoms with Crippen LogP contribution in [0.3, 0.4) is 0 Å². The van der Waals surface area contributed by atoms with E-state index < -0.39 is 5.82 Å². The summed E-state index contributed by atoms with van der Waals surface area (Å²) < 4.78 is 13.3. The molecule has 0 fully saturated rings. The Kier molecular flexibility index (Phi) is 8.27. The second kappa shape index (κ2) is 9.68. The van der Waals surface area contributed by atoms with E-state index in [0.29, 0.717) is 23.1 Å². The van der Waals surface area contributed by atoms with Gasteiger partial charge in [0.15, 0.2) is 17.5 Å². The Morgan fingerprint density at radius 3 is 2.62 bits per heavy atom. The lowest BCUT2D eigenvalue weighted by Gasteiger charge is -2.19. The van der Waals surface area contributed by atoms with Crippen molar-refractivity contribution in [3.05, 3.63) is 64.4 Å². The lowest BCUT2D eigenvalue weighted by atomic mass is 10.1. The van der Waals surface area contributed by atoms with Crippen LogP contribution in [0.1, 0.15) is 24.1 Å². The van der Waals surface area contributed by atoms with E-state index in [-0.39, 0.29) is 35.8 Å². The summed E-state index contributed by atoms with van der Waals surface area (Å²) in [7, 11) is 1.66. The molecule has 130 valence electrons. The Hall–Kier alpha value is -1.54. The number of aromatic hydroxyl groups is 1. The molecule has 0 aliphatic rings. The van der Waals surface area contributed by atoms with Crippen molar-refractivity contribution in [3.8, 4) is 5.75 Å². The van der Waals surface area contributed by atoms with Gasteiger partial charge in [-0.1, -0.05) is 35.9 Å². The number of rotatable bonds is 4. The average molecular weight is 464 g/mol. The first-order valence-corrected chi connectivity index (χ1v) is 7.58. The van der Waals surface area contributed by atoms with E-state index in [9.17, 15) is 9.50 Å². The monoisotopic (exact) mass is 463 g/mol. The van der Waals surface area contributed by atoms with Crippen molar-refractivity contribution in [3.63, 3.8) is 0 Å². The lowest BCUT2D eigenvalue weighted by molar-refractivity contribution is 0.431. The van der Waals surface area contributed by atoms with Gasteiger partial charge in [-0.05, 0) is 36.2 Å². The zero-order valence-corrected chi connectivity index (χ0v) is 16.5. The van der Waals surface area contributed by atoms with E-state index in [1.165, 1.54) is 12.1 Å². The summed E-state index contributed by atoms with van der Waals surface area (Å²) in [5.41, 5.74) is 1.67. The summed E-state index contributed by atoms with van der Waals surface area (Å²) in [5, 5.41) is 16.2. The van der Waals surface area contributed by atoms with Crippen LogP contribution in [-0.2, 0) is 6.54 Å². The number of halogens is 3. The van der Waals surface area contributed by atoms with E-state index in [1.807, 2.05) is 31.2 Å². The summed E-state index contributed by atoms with van der Waals surface area (Å²) >= 11 is 6.19. The molecule has 0 amide bonds. The molecule has 3 N–H and O–H groups in total. The molecule has 2 rings (SSSR count). The number of guanidine groups is 1. The van der Waals surface area contributed by atoms with E-state index >= 15 is 0 Å². The molecule has 24 heavy (non-hydrogen) atoms. The Balaban J connectivity index is 0.00000288. The predicted molar refractivity (Wildman–Crippen MR) is 107 cm³/mol. The van der Waals surface area contributed by atoms with Gasteiger partial charge < -0.3 is 15.7 Å². The van der Waals surface area contributed by atoms with E-state index in [2.05, 4.69) is 15.6 Å². The first-order chi connectivity index (χ1) is 11.0. The van der Waals surface area contributed by atoms with Crippen molar-refractivity contribution in [2.24, 2.45) is 4.99 Å². The van der Waals surface area contributed by atoms with Crippen molar-refractivity contribution in [2.45, 2.75) is 19.5 Å². The Labute approximate surface area is 163 Å². The van der Waals surface area contributed by atoms with Gasteiger partial charge in [0.05, 0.1) is 6.04 Å². The largest absolute Gasteiger partial charge is 0.505 e. The maximum Gasteiger partial charge on any atom is 0.191 e. The minimum atomic E-state index is -0.642. The highest BCUT2D eigenvalue weighted by atomic mass is 127. The Bertz CT molecular complexity index is 712. The van der Waals surface area contributed by atoms with E-state index in [1.54, 1.807) is 13.1 Å². The van der Waals surface area contributed by atoms with Crippen LogP contribution in [0.4, 0.5) is 4.39 Å². The molecule has 0 saturated heterocycles. The fourth-order valence-corrected chi connectivity index (χ4v) is 2.45. The highest BCUT2D eigenvalue weighted by Gasteiger charge is 2.11. The number of hydrogen-bond donors (Lipinski definition) is 3. The standard InChI is InChI=1S/C17H19ClFN3O.HI/c1-11(13-5-3-4-6-14(13)18)22-17(20-2)21-10-12-7-8-16(23)15(19)9-12;/h3-9,11,23H,10H2,1-2H3,(H2,20,21,22);1H. The van der Waals surface area contributed by atoms with Gasteiger partial charge >= 0.3 is 0 Å². The summed E-state index contributed by atoms with van der Waals surface area (Å²) in [4.78, 5) is 4.15. The first-order valence-electron chi connectivity index (χ1n) is 7.20. The van der Waals surface area contributed by atoms with Crippen LogP contribution in [0.5, 0.6) is 5.75 Å². The molecule has 4 nitrogen and oxygen atoms in total. The van der Waals surface area contributed by atoms with Crippen molar-refractivity contribution in [2.75, 3.05) is 7.05 Å². The summed E-state index contributed by atoms with van der Waals surface area (Å²) in [6.07, 6.45) is 0. The molecule has 0 aliphatic carbocycles. The number of hydrogen-bond acceptors (Lipinski definition) is 2. The minimum absolute atomic E-state index is 0. The zero-order valence-electron chi connectivity index (χ0n) is 13.4. The van der Waals surface area contributed by atoms with E-state index in [4.69, 9.17) is 11.6 Å². The van der Waals surface area contributed by atoms with Gasteiger partial charge in [-0.25, -0.2) is 4.39 Å². The van der Waals surface area contributed by atoms with Crippen LogP contribution in [0.2, 0.25) is 5.02 Å². The smallest absolute Gasteiger partial charge is 0.191 e. The molecule has 0 bridgehead atoms. The molecule has 0 aromatic heterocycles. The molecular weight excluding hydrogens is 444 g/mol. The third-order valence-corrected chi connectivity index (χ3v) is 3.76. The van der Waals surface area contributed by atoms with Gasteiger partial charge in [0.2, 0.25) is 0 Å². The molecular formula is C17H20ClFIN3O. The molecule has 0 saturated carbocycles. The predicted octanol–water partition coefficient (Wildman–Crippen LogP) is 4.23. The van der Waals surface area contributed by atoms with Gasteiger partial charge in [-0.15, -0.1) is 24.0 Å². The van der Waals surface area contributed by atoms with Crippen LogP contribution in [0.25, 0.3) is 0 Å². The highest BCUT2D eigenvalue weighted by Crippen LogP contribution is 2.22. The SMILES string of the molecule is CN=C(NCc1ccc(O)c(F)c1)NC(C)c1ccccc1Cl.I.